The van der Waals surface area contributed by atoms with Crippen LogP contribution in [0.4, 0.5) is 18.9 Å². The first-order valence-corrected chi connectivity index (χ1v) is 8.37. The van der Waals surface area contributed by atoms with Gasteiger partial charge in [-0.3, -0.25) is 9.20 Å². The predicted octanol–water partition coefficient (Wildman–Crippen LogP) is 4.18. The highest BCUT2D eigenvalue weighted by molar-refractivity contribution is 7.99. The fourth-order valence-electron chi connectivity index (χ4n) is 1.94. The van der Waals surface area contributed by atoms with Crippen LogP contribution in [0.25, 0.3) is 5.65 Å². The first kappa shape index (κ1) is 17.8. The van der Waals surface area contributed by atoms with Gasteiger partial charge in [0.25, 0.3) is 0 Å². The number of thioether (sulfide) groups is 1. The summed E-state index contributed by atoms with van der Waals surface area (Å²) >= 11 is 12.9. The smallest absolute Gasteiger partial charge is 0.234 e. The number of amides is 1. The van der Waals surface area contributed by atoms with Gasteiger partial charge >= 0.3 is 0 Å². The number of carbonyl (C=O) groups excluding carboxylic acids is 1. The summed E-state index contributed by atoms with van der Waals surface area (Å²) in [5.41, 5.74) is -0.0951. The van der Waals surface area contributed by atoms with Gasteiger partial charge in [-0.05, 0) is 18.2 Å². The second kappa shape index (κ2) is 7.11. The molecule has 3 aromatic rings. The molecule has 1 aromatic carbocycles. The first-order chi connectivity index (χ1) is 11.9. The summed E-state index contributed by atoms with van der Waals surface area (Å²) in [5, 5.41) is 10.9. The normalized spacial score (nSPS) is 11.1. The summed E-state index contributed by atoms with van der Waals surface area (Å²) in [5.74, 6) is -5.28. The number of aromatic nitrogens is 3. The van der Waals surface area contributed by atoms with E-state index in [1.165, 1.54) is 16.7 Å². The number of pyridine rings is 1. The molecule has 0 radical (unpaired) electrons. The Hall–Kier alpha value is -1.97. The topological polar surface area (TPSA) is 59.3 Å². The Kier molecular flexibility index (Phi) is 5.07. The maximum Gasteiger partial charge on any atom is 0.234 e. The van der Waals surface area contributed by atoms with Crippen molar-refractivity contribution in [1.82, 2.24) is 14.6 Å². The van der Waals surface area contributed by atoms with E-state index in [1.54, 1.807) is 0 Å². The molecular weight excluding hydrogens is 400 g/mol. The van der Waals surface area contributed by atoms with Crippen molar-refractivity contribution in [2.75, 3.05) is 11.1 Å². The van der Waals surface area contributed by atoms with Crippen molar-refractivity contribution in [1.29, 1.82) is 0 Å². The predicted molar refractivity (Wildman–Crippen MR) is 88.7 cm³/mol. The zero-order valence-electron chi connectivity index (χ0n) is 12.1. The minimum Gasteiger partial charge on any atom is -0.323 e. The van der Waals surface area contributed by atoms with Crippen LogP contribution in [0.5, 0.6) is 0 Å². The molecule has 0 saturated heterocycles. The van der Waals surface area contributed by atoms with Crippen LogP contribution in [0.2, 0.25) is 10.0 Å². The van der Waals surface area contributed by atoms with Gasteiger partial charge in [0.1, 0.15) is 0 Å². The molecular formula is C14H7Cl2F3N4OS. The van der Waals surface area contributed by atoms with Crippen LogP contribution in [-0.4, -0.2) is 26.3 Å². The minimum atomic E-state index is -1.65. The van der Waals surface area contributed by atoms with Gasteiger partial charge in [0.15, 0.2) is 28.3 Å². The summed E-state index contributed by atoms with van der Waals surface area (Å²) in [6.45, 7) is 0. The van der Waals surface area contributed by atoms with E-state index >= 15 is 0 Å². The third-order valence-electron chi connectivity index (χ3n) is 3.04. The van der Waals surface area contributed by atoms with E-state index in [2.05, 4.69) is 15.5 Å². The van der Waals surface area contributed by atoms with Crippen LogP contribution in [0.3, 0.4) is 0 Å². The van der Waals surface area contributed by atoms with E-state index in [0.717, 1.165) is 23.9 Å². The average Bonchev–Trinajstić information content (AvgIpc) is 2.97. The van der Waals surface area contributed by atoms with Crippen molar-refractivity contribution < 1.29 is 18.0 Å². The van der Waals surface area contributed by atoms with Gasteiger partial charge < -0.3 is 5.32 Å². The second-order valence-electron chi connectivity index (χ2n) is 4.74. The molecule has 0 fully saturated rings. The summed E-state index contributed by atoms with van der Waals surface area (Å²) in [4.78, 5) is 11.9. The van der Waals surface area contributed by atoms with Crippen molar-refractivity contribution in [2.45, 2.75) is 5.16 Å². The molecule has 0 saturated carbocycles. The zero-order valence-corrected chi connectivity index (χ0v) is 14.4. The van der Waals surface area contributed by atoms with Crippen LogP contribution >= 0.6 is 35.0 Å². The van der Waals surface area contributed by atoms with Crippen LogP contribution in [-0.2, 0) is 4.79 Å². The molecule has 0 aliphatic rings. The lowest BCUT2D eigenvalue weighted by Gasteiger charge is -2.07. The summed E-state index contributed by atoms with van der Waals surface area (Å²) in [6.07, 6.45) is 1.53. The van der Waals surface area contributed by atoms with Gasteiger partial charge in [0.05, 0.1) is 21.5 Å². The molecule has 0 spiro atoms. The fourth-order valence-corrected chi connectivity index (χ4v) is 3.16. The molecule has 0 bridgehead atoms. The van der Waals surface area contributed by atoms with Crippen molar-refractivity contribution in [3.05, 3.63) is 51.9 Å². The molecule has 1 amide bonds. The maximum absolute atomic E-state index is 13.5. The minimum absolute atomic E-state index is 0.177. The SMILES string of the molecule is O=C(CSc1nnc2c(Cl)cc(Cl)cn12)Nc1ccc(F)c(F)c1F. The van der Waals surface area contributed by atoms with Crippen molar-refractivity contribution in [3.8, 4) is 0 Å². The number of carbonyl (C=O) groups is 1. The molecule has 130 valence electrons. The number of halogens is 5. The lowest BCUT2D eigenvalue weighted by Crippen LogP contribution is -2.16. The van der Waals surface area contributed by atoms with E-state index in [1.807, 2.05) is 0 Å². The number of nitrogens with one attached hydrogen (secondary N) is 1. The number of nitrogens with zero attached hydrogens (tertiary/aromatic N) is 3. The van der Waals surface area contributed by atoms with Gasteiger partial charge in [0, 0.05) is 6.20 Å². The van der Waals surface area contributed by atoms with Gasteiger partial charge in [-0.25, -0.2) is 13.2 Å². The molecule has 2 heterocycles. The molecule has 0 unspecified atom stereocenters. The van der Waals surface area contributed by atoms with E-state index in [-0.39, 0.29) is 5.75 Å². The molecule has 5 nitrogen and oxygen atoms in total. The second-order valence-corrected chi connectivity index (χ2v) is 6.53. The Bertz CT molecular complexity index is 982. The Morgan fingerprint density at radius 3 is 2.72 bits per heavy atom. The highest BCUT2D eigenvalue weighted by Gasteiger charge is 2.16. The molecule has 2 aromatic heterocycles. The Labute approximate surface area is 153 Å². The third-order valence-corrected chi connectivity index (χ3v) is 4.46. The van der Waals surface area contributed by atoms with Gasteiger partial charge in [-0.15, -0.1) is 10.2 Å². The fraction of sp³-hybridized carbons (Fsp3) is 0.0714. The van der Waals surface area contributed by atoms with Crippen LogP contribution < -0.4 is 5.32 Å². The number of anilines is 1. The lowest BCUT2D eigenvalue weighted by atomic mass is 10.3. The van der Waals surface area contributed by atoms with Gasteiger partial charge in [-0.1, -0.05) is 35.0 Å². The highest BCUT2D eigenvalue weighted by atomic mass is 35.5. The summed E-state index contributed by atoms with van der Waals surface area (Å²) in [6, 6.07) is 3.15. The molecule has 0 atom stereocenters. The van der Waals surface area contributed by atoms with Gasteiger partial charge in [0.2, 0.25) is 5.91 Å². The molecule has 1 N–H and O–H groups in total. The number of hydrogen-bond donors (Lipinski definition) is 1. The van der Waals surface area contributed by atoms with E-state index < -0.39 is 29.0 Å². The Morgan fingerprint density at radius 1 is 1.20 bits per heavy atom. The third kappa shape index (κ3) is 3.68. The van der Waals surface area contributed by atoms with E-state index in [9.17, 15) is 18.0 Å². The van der Waals surface area contributed by atoms with Crippen LogP contribution in [0, 0.1) is 17.5 Å². The van der Waals surface area contributed by atoms with Crippen molar-refractivity contribution in [2.24, 2.45) is 0 Å². The van der Waals surface area contributed by atoms with Crippen LogP contribution in [0.1, 0.15) is 0 Å². The van der Waals surface area contributed by atoms with Crippen LogP contribution in [0.15, 0.2) is 29.6 Å². The molecule has 25 heavy (non-hydrogen) atoms. The number of benzene rings is 1. The van der Waals surface area contributed by atoms with Crippen molar-refractivity contribution >= 4 is 52.2 Å². The average molecular weight is 407 g/mol. The Balaban J connectivity index is 1.72. The lowest BCUT2D eigenvalue weighted by molar-refractivity contribution is -0.113. The largest absolute Gasteiger partial charge is 0.323 e. The quantitative estimate of drug-likeness (QED) is 0.521. The van der Waals surface area contributed by atoms with E-state index in [4.69, 9.17) is 23.2 Å². The summed E-state index contributed by atoms with van der Waals surface area (Å²) in [7, 11) is 0. The first-order valence-electron chi connectivity index (χ1n) is 6.62. The molecule has 0 aliphatic heterocycles. The number of hydrogen-bond acceptors (Lipinski definition) is 4. The monoisotopic (exact) mass is 406 g/mol. The molecule has 11 heteroatoms. The van der Waals surface area contributed by atoms with Gasteiger partial charge in [-0.2, -0.15) is 0 Å². The summed E-state index contributed by atoms with van der Waals surface area (Å²) < 4.78 is 41.1. The molecule has 0 aliphatic carbocycles. The highest BCUT2D eigenvalue weighted by Crippen LogP contribution is 2.25. The maximum atomic E-state index is 13.5. The number of fused-ring (bicyclic) bond motifs is 1. The van der Waals surface area contributed by atoms with E-state index in [0.29, 0.717) is 20.8 Å². The standard InChI is InChI=1S/C14H7Cl2F3N4OS/c15-6-3-7(16)13-21-22-14(23(13)4-6)25-5-10(24)20-9-2-1-8(17)11(18)12(9)19/h1-4H,5H2,(H,20,24). The van der Waals surface area contributed by atoms with Crippen molar-refractivity contribution in [3.63, 3.8) is 0 Å². The number of rotatable bonds is 4. The zero-order chi connectivity index (χ0) is 18.1. The Morgan fingerprint density at radius 2 is 1.96 bits per heavy atom. The molecule has 3 rings (SSSR count).